The highest BCUT2D eigenvalue weighted by atomic mass is 35.5. The molecule has 0 aromatic carbocycles. The summed E-state index contributed by atoms with van der Waals surface area (Å²) in [7, 11) is 5.46. The van der Waals surface area contributed by atoms with Crippen molar-refractivity contribution in [3.63, 3.8) is 0 Å². The predicted molar refractivity (Wildman–Crippen MR) is 83.0 cm³/mol. The van der Waals surface area contributed by atoms with Crippen LogP contribution < -0.4 is 5.11 Å². The molecular weight excluding hydrogens is 294 g/mol. The summed E-state index contributed by atoms with van der Waals surface area (Å²) in [4.78, 5) is 23.5. The minimum atomic E-state index is -1.84. The fraction of sp³-hybridized carbons (Fsp3) is 0.867. The molecule has 5 nitrogen and oxygen atoms in total. The SMILES string of the molecule is CCCC(CCC)C(=O)C(O)(CC(=O)[O-])C[N+](C)(C)C.Cl. The van der Waals surface area contributed by atoms with Crippen LogP contribution in [-0.2, 0) is 9.59 Å². The van der Waals surface area contributed by atoms with Crippen molar-refractivity contribution in [1.82, 2.24) is 0 Å². The third-order valence-electron chi connectivity index (χ3n) is 3.28. The molecule has 0 amide bonds. The topological polar surface area (TPSA) is 77.4 Å². The van der Waals surface area contributed by atoms with Crippen molar-refractivity contribution in [1.29, 1.82) is 0 Å². The summed E-state index contributed by atoms with van der Waals surface area (Å²) in [5, 5.41) is 21.5. The second kappa shape index (κ2) is 9.38. The molecule has 0 spiro atoms. The number of halogens is 1. The number of carboxylic acids is 1. The van der Waals surface area contributed by atoms with Gasteiger partial charge in [0, 0.05) is 18.3 Å². The first-order valence-corrected chi connectivity index (χ1v) is 7.32. The molecule has 0 bridgehead atoms. The summed E-state index contributed by atoms with van der Waals surface area (Å²) in [5.74, 6) is -2.01. The molecule has 0 aliphatic rings. The molecule has 0 heterocycles. The van der Waals surface area contributed by atoms with Crippen LogP contribution in [0.15, 0.2) is 0 Å². The number of likely N-dealkylation sites (N-methyl/N-ethyl adjacent to an activating group) is 1. The maximum absolute atomic E-state index is 12.6. The van der Waals surface area contributed by atoms with Gasteiger partial charge in [0.05, 0.1) is 21.1 Å². The van der Waals surface area contributed by atoms with Crippen LogP contribution in [-0.4, -0.2) is 54.6 Å². The predicted octanol–water partition coefficient (Wildman–Crippen LogP) is 0.771. The van der Waals surface area contributed by atoms with Crippen LogP contribution in [0.3, 0.4) is 0 Å². The Morgan fingerprint density at radius 2 is 1.57 bits per heavy atom. The Labute approximate surface area is 134 Å². The van der Waals surface area contributed by atoms with Gasteiger partial charge in [0.15, 0.2) is 11.4 Å². The molecular formula is C15H30ClNO4. The van der Waals surface area contributed by atoms with Crippen LogP contribution in [0.5, 0.6) is 0 Å². The van der Waals surface area contributed by atoms with Crippen LogP contribution in [0.2, 0.25) is 0 Å². The Hall–Kier alpha value is -0.650. The third kappa shape index (κ3) is 8.39. The first kappa shape index (κ1) is 22.6. The van der Waals surface area contributed by atoms with E-state index < -0.39 is 18.0 Å². The van der Waals surface area contributed by atoms with Gasteiger partial charge in [-0.3, -0.25) is 4.79 Å². The molecule has 6 heteroatoms. The summed E-state index contributed by atoms with van der Waals surface area (Å²) >= 11 is 0. The number of Topliss-reactive ketones (excluding diaryl/α,β-unsaturated/α-hetero) is 1. The van der Waals surface area contributed by atoms with E-state index in [0.717, 1.165) is 12.8 Å². The zero-order valence-corrected chi connectivity index (χ0v) is 14.7. The van der Waals surface area contributed by atoms with E-state index in [1.165, 1.54) is 0 Å². The highest BCUT2D eigenvalue weighted by Crippen LogP contribution is 2.25. The first-order chi connectivity index (χ1) is 9.05. The molecule has 0 saturated heterocycles. The number of carbonyl (C=O) groups excluding carboxylic acids is 2. The van der Waals surface area contributed by atoms with Crippen LogP contribution >= 0.6 is 12.4 Å². The number of aliphatic carboxylic acids is 1. The molecule has 0 fully saturated rings. The zero-order chi connectivity index (χ0) is 16.0. The molecule has 126 valence electrons. The van der Waals surface area contributed by atoms with Gasteiger partial charge in [-0.05, 0) is 12.8 Å². The number of aliphatic hydroxyl groups is 1. The molecule has 1 atom stereocenters. The van der Waals surface area contributed by atoms with Crippen molar-refractivity contribution in [2.75, 3.05) is 27.7 Å². The van der Waals surface area contributed by atoms with E-state index in [4.69, 9.17) is 0 Å². The van der Waals surface area contributed by atoms with Gasteiger partial charge in [-0.15, -0.1) is 12.4 Å². The molecule has 0 aromatic heterocycles. The summed E-state index contributed by atoms with van der Waals surface area (Å²) in [6.45, 7) is 4.03. The van der Waals surface area contributed by atoms with Gasteiger partial charge in [-0.1, -0.05) is 26.7 Å². The number of hydrogen-bond donors (Lipinski definition) is 1. The first-order valence-electron chi connectivity index (χ1n) is 7.32. The highest BCUT2D eigenvalue weighted by molar-refractivity contribution is 5.92. The monoisotopic (exact) mass is 323 g/mol. The minimum absolute atomic E-state index is 0. The lowest BCUT2D eigenvalue weighted by Crippen LogP contribution is -2.57. The molecule has 0 radical (unpaired) electrons. The maximum Gasteiger partial charge on any atom is 0.177 e. The fourth-order valence-corrected chi connectivity index (χ4v) is 2.73. The van der Waals surface area contributed by atoms with Gasteiger partial charge in [0.1, 0.15) is 6.54 Å². The van der Waals surface area contributed by atoms with Crippen molar-refractivity contribution in [3.05, 3.63) is 0 Å². The average molecular weight is 324 g/mol. The van der Waals surface area contributed by atoms with Gasteiger partial charge >= 0.3 is 0 Å². The molecule has 1 unspecified atom stereocenters. The Morgan fingerprint density at radius 3 is 1.86 bits per heavy atom. The second-order valence-corrected chi connectivity index (χ2v) is 6.67. The maximum atomic E-state index is 12.6. The van der Waals surface area contributed by atoms with Crippen LogP contribution in [0.4, 0.5) is 0 Å². The highest BCUT2D eigenvalue weighted by Gasteiger charge is 2.43. The van der Waals surface area contributed by atoms with E-state index in [1.54, 1.807) is 0 Å². The summed E-state index contributed by atoms with van der Waals surface area (Å²) in [5.41, 5.74) is -1.84. The standard InChI is InChI=1S/C15H29NO4.ClH/c1-6-8-12(9-7-2)14(19)15(20,10-13(17)18)11-16(3,4)5;/h12,20H,6-11H2,1-5H3;1H. The average Bonchev–Trinajstić information content (AvgIpc) is 2.24. The smallest absolute Gasteiger partial charge is 0.177 e. The van der Waals surface area contributed by atoms with E-state index in [-0.39, 0.29) is 30.7 Å². The largest absolute Gasteiger partial charge is 0.550 e. The van der Waals surface area contributed by atoms with Gasteiger partial charge < -0.3 is 19.5 Å². The number of rotatable bonds is 10. The van der Waals surface area contributed by atoms with E-state index in [1.807, 2.05) is 35.0 Å². The number of nitrogens with zero attached hydrogens (tertiary/aromatic N) is 1. The molecule has 0 aromatic rings. The number of carboxylic acid groups (broad SMARTS) is 1. The van der Waals surface area contributed by atoms with Gasteiger partial charge in [-0.25, -0.2) is 0 Å². The molecule has 0 aliphatic heterocycles. The van der Waals surface area contributed by atoms with Crippen molar-refractivity contribution in [3.8, 4) is 0 Å². The van der Waals surface area contributed by atoms with Crippen LogP contribution in [0.1, 0.15) is 46.0 Å². The summed E-state index contributed by atoms with van der Waals surface area (Å²) < 4.78 is 0.320. The third-order valence-corrected chi connectivity index (χ3v) is 3.28. The van der Waals surface area contributed by atoms with E-state index in [0.29, 0.717) is 17.3 Å². The Bertz CT molecular complexity index is 335. The Morgan fingerprint density at radius 1 is 1.14 bits per heavy atom. The van der Waals surface area contributed by atoms with Crippen molar-refractivity contribution >= 4 is 24.2 Å². The number of ketones is 1. The quantitative estimate of drug-likeness (QED) is 0.602. The van der Waals surface area contributed by atoms with Crippen LogP contribution in [0, 0.1) is 5.92 Å². The summed E-state index contributed by atoms with van der Waals surface area (Å²) in [6, 6.07) is 0. The van der Waals surface area contributed by atoms with Crippen LogP contribution in [0.25, 0.3) is 0 Å². The molecule has 1 N–H and O–H groups in total. The zero-order valence-electron chi connectivity index (χ0n) is 13.8. The lowest BCUT2D eigenvalue weighted by atomic mass is 9.81. The molecule has 21 heavy (non-hydrogen) atoms. The Kier molecular flexibility index (Phi) is 10.1. The number of quaternary nitrogens is 1. The number of hydrogen-bond acceptors (Lipinski definition) is 4. The normalized spacial score (nSPS) is 14.4. The minimum Gasteiger partial charge on any atom is -0.550 e. The molecule has 0 aliphatic carbocycles. The van der Waals surface area contributed by atoms with E-state index in [9.17, 15) is 19.8 Å². The van der Waals surface area contributed by atoms with Gasteiger partial charge in [0.25, 0.3) is 0 Å². The van der Waals surface area contributed by atoms with E-state index in [2.05, 4.69) is 0 Å². The lowest BCUT2D eigenvalue weighted by molar-refractivity contribution is -0.875. The van der Waals surface area contributed by atoms with Gasteiger partial charge in [-0.2, -0.15) is 0 Å². The second-order valence-electron chi connectivity index (χ2n) is 6.67. The molecule has 0 saturated carbocycles. The van der Waals surface area contributed by atoms with Crippen molar-refractivity contribution < 1.29 is 24.3 Å². The Balaban J connectivity index is 0. The van der Waals surface area contributed by atoms with Crippen molar-refractivity contribution in [2.45, 2.75) is 51.6 Å². The van der Waals surface area contributed by atoms with Gasteiger partial charge in [0.2, 0.25) is 0 Å². The van der Waals surface area contributed by atoms with E-state index >= 15 is 0 Å². The number of carbonyl (C=O) groups is 2. The lowest BCUT2D eigenvalue weighted by Gasteiger charge is -2.36. The molecule has 0 rings (SSSR count). The van der Waals surface area contributed by atoms with Crippen molar-refractivity contribution in [2.24, 2.45) is 5.92 Å². The summed E-state index contributed by atoms with van der Waals surface area (Å²) in [6.07, 6.45) is 2.40. The fourth-order valence-electron chi connectivity index (χ4n) is 2.73.